The van der Waals surface area contributed by atoms with Gasteiger partial charge in [-0.3, -0.25) is 0 Å². The minimum absolute atomic E-state index is 0.129. The Morgan fingerprint density at radius 2 is 2.11 bits per heavy atom. The predicted octanol–water partition coefficient (Wildman–Crippen LogP) is 3.01. The van der Waals surface area contributed by atoms with Crippen molar-refractivity contribution in [3.8, 4) is 0 Å². The fourth-order valence-corrected chi connectivity index (χ4v) is 2.10. The first-order valence-electron chi connectivity index (χ1n) is 6.93. The standard InChI is InChI=1S/C15H26N2O/c1-15(2,3)16-9-14-13(7-8-18-14)11-17(4)10-12-5-6-12/h7-8,12,16H,5-6,9-11H2,1-4H3. The van der Waals surface area contributed by atoms with Crippen LogP contribution in [0.15, 0.2) is 16.7 Å². The van der Waals surface area contributed by atoms with Gasteiger partial charge in [0.25, 0.3) is 0 Å². The predicted molar refractivity (Wildman–Crippen MR) is 74.4 cm³/mol. The van der Waals surface area contributed by atoms with Gasteiger partial charge in [-0.1, -0.05) is 0 Å². The molecule has 1 aromatic rings. The summed E-state index contributed by atoms with van der Waals surface area (Å²) in [6.07, 6.45) is 4.63. The Morgan fingerprint density at radius 1 is 1.39 bits per heavy atom. The van der Waals surface area contributed by atoms with E-state index in [4.69, 9.17) is 4.42 Å². The van der Waals surface area contributed by atoms with Crippen molar-refractivity contribution in [2.24, 2.45) is 5.92 Å². The molecule has 1 aliphatic rings. The quantitative estimate of drug-likeness (QED) is 0.841. The van der Waals surface area contributed by atoms with Crippen LogP contribution in [-0.2, 0) is 13.1 Å². The van der Waals surface area contributed by atoms with Gasteiger partial charge < -0.3 is 14.6 Å². The molecule has 3 heteroatoms. The second-order valence-electron chi connectivity index (χ2n) is 6.61. The van der Waals surface area contributed by atoms with Gasteiger partial charge in [0, 0.05) is 24.2 Å². The highest BCUT2D eigenvalue weighted by atomic mass is 16.3. The topological polar surface area (TPSA) is 28.4 Å². The molecular formula is C15H26N2O. The lowest BCUT2D eigenvalue weighted by Crippen LogP contribution is -2.35. The summed E-state index contributed by atoms with van der Waals surface area (Å²) in [6, 6.07) is 2.10. The first kappa shape index (κ1) is 13.6. The SMILES string of the molecule is CN(Cc1ccoc1CNC(C)(C)C)CC1CC1. The molecule has 1 aromatic heterocycles. The van der Waals surface area contributed by atoms with Gasteiger partial charge in [-0.05, 0) is 52.6 Å². The van der Waals surface area contributed by atoms with E-state index in [9.17, 15) is 0 Å². The van der Waals surface area contributed by atoms with Crippen LogP contribution in [0.25, 0.3) is 0 Å². The number of nitrogens with one attached hydrogen (secondary N) is 1. The summed E-state index contributed by atoms with van der Waals surface area (Å²) in [5.74, 6) is 2.02. The maximum Gasteiger partial charge on any atom is 0.122 e. The van der Waals surface area contributed by atoms with Crippen LogP contribution in [0, 0.1) is 5.92 Å². The summed E-state index contributed by atoms with van der Waals surface area (Å²) in [5, 5.41) is 3.48. The fraction of sp³-hybridized carbons (Fsp3) is 0.733. The molecule has 0 spiro atoms. The van der Waals surface area contributed by atoms with Gasteiger partial charge in [-0.15, -0.1) is 0 Å². The molecule has 0 saturated heterocycles. The number of furan rings is 1. The smallest absolute Gasteiger partial charge is 0.122 e. The molecule has 2 rings (SSSR count). The summed E-state index contributed by atoms with van der Waals surface area (Å²) < 4.78 is 5.59. The van der Waals surface area contributed by atoms with E-state index in [1.165, 1.54) is 24.9 Å². The lowest BCUT2D eigenvalue weighted by atomic mass is 10.1. The Hall–Kier alpha value is -0.800. The molecule has 0 atom stereocenters. The number of hydrogen-bond acceptors (Lipinski definition) is 3. The van der Waals surface area contributed by atoms with Crippen molar-refractivity contribution < 1.29 is 4.42 Å². The third kappa shape index (κ3) is 4.46. The zero-order valence-corrected chi connectivity index (χ0v) is 12.1. The lowest BCUT2D eigenvalue weighted by Gasteiger charge is -2.21. The molecule has 0 unspecified atom stereocenters. The maximum absolute atomic E-state index is 5.59. The van der Waals surface area contributed by atoms with Gasteiger partial charge in [0.1, 0.15) is 5.76 Å². The van der Waals surface area contributed by atoms with E-state index >= 15 is 0 Å². The molecule has 0 radical (unpaired) electrons. The molecular weight excluding hydrogens is 224 g/mol. The van der Waals surface area contributed by atoms with E-state index in [0.717, 1.165) is 24.8 Å². The molecule has 102 valence electrons. The molecule has 1 N–H and O–H groups in total. The summed E-state index contributed by atoms with van der Waals surface area (Å²) in [7, 11) is 2.20. The summed E-state index contributed by atoms with van der Waals surface area (Å²) >= 11 is 0. The molecule has 1 fully saturated rings. The third-order valence-corrected chi connectivity index (χ3v) is 3.32. The third-order valence-electron chi connectivity index (χ3n) is 3.32. The molecule has 18 heavy (non-hydrogen) atoms. The van der Waals surface area contributed by atoms with Gasteiger partial charge in [0.15, 0.2) is 0 Å². The molecule has 0 aromatic carbocycles. The van der Waals surface area contributed by atoms with Crippen LogP contribution in [0.1, 0.15) is 44.9 Å². The molecule has 1 heterocycles. The van der Waals surface area contributed by atoms with E-state index < -0.39 is 0 Å². The van der Waals surface area contributed by atoms with Crippen molar-refractivity contribution in [2.75, 3.05) is 13.6 Å². The monoisotopic (exact) mass is 250 g/mol. The minimum atomic E-state index is 0.129. The fourth-order valence-electron chi connectivity index (χ4n) is 2.10. The average molecular weight is 250 g/mol. The van der Waals surface area contributed by atoms with Crippen LogP contribution in [-0.4, -0.2) is 24.0 Å². The second-order valence-corrected chi connectivity index (χ2v) is 6.61. The van der Waals surface area contributed by atoms with E-state index in [0.29, 0.717) is 0 Å². The highest BCUT2D eigenvalue weighted by molar-refractivity contribution is 5.17. The van der Waals surface area contributed by atoms with Crippen LogP contribution in [0.4, 0.5) is 0 Å². The van der Waals surface area contributed by atoms with Crippen LogP contribution >= 0.6 is 0 Å². The van der Waals surface area contributed by atoms with Gasteiger partial charge >= 0.3 is 0 Å². The normalized spacial score (nSPS) is 16.5. The van der Waals surface area contributed by atoms with Gasteiger partial charge in [0.2, 0.25) is 0 Å². The first-order valence-corrected chi connectivity index (χ1v) is 6.93. The first-order chi connectivity index (χ1) is 8.44. The second kappa shape index (κ2) is 5.45. The molecule has 1 saturated carbocycles. The van der Waals surface area contributed by atoms with Crippen LogP contribution in [0.5, 0.6) is 0 Å². The highest BCUT2D eigenvalue weighted by Crippen LogP contribution is 2.29. The van der Waals surface area contributed by atoms with Gasteiger partial charge in [0.05, 0.1) is 12.8 Å². The number of nitrogens with zero attached hydrogens (tertiary/aromatic N) is 1. The van der Waals surface area contributed by atoms with Crippen LogP contribution in [0.3, 0.4) is 0 Å². The Balaban J connectivity index is 1.86. The Morgan fingerprint density at radius 3 is 2.72 bits per heavy atom. The van der Waals surface area contributed by atoms with Crippen LogP contribution in [0.2, 0.25) is 0 Å². The zero-order chi connectivity index (χ0) is 13.2. The Bertz CT molecular complexity index is 374. The molecule has 1 aliphatic carbocycles. The summed E-state index contributed by atoms with van der Waals surface area (Å²) in [6.45, 7) is 9.55. The van der Waals surface area contributed by atoms with Crippen molar-refractivity contribution >= 4 is 0 Å². The Kier molecular flexibility index (Phi) is 4.13. The maximum atomic E-state index is 5.59. The van der Waals surface area contributed by atoms with Crippen molar-refractivity contribution in [3.05, 3.63) is 23.7 Å². The number of hydrogen-bond donors (Lipinski definition) is 1. The summed E-state index contributed by atoms with van der Waals surface area (Å²) in [4.78, 5) is 2.41. The van der Waals surface area contributed by atoms with Crippen LogP contribution < -0.4 is 5.32 Å². The van der Waals surface area contributed by atoms with Crippen molar-refractivity contribution in [1.29, 1.82) is 0 Å². The van der Waals surface area contributed by atoms with Crippen molar-refractivity contribution in [3.63, 3.8) is 0 Å². The minimum Gasteiger partial charge on any atom is -0.468 e. The van der Waals surface area contributed by atoms with Gasteiger partial charge in [-0.25, -0.2) is 0 Å². The number of rotatable bonds is 6. The van der Waals surface area contributed by atoms with E-state index in [1.807, 2.05) is 0 Å². The average Bonchev–Trinajstić information content (AvgIpc) is 2.93. The molecule has 0 aliphatic heterocycles. The lowest BCUT2D eigenvalue weighted by molar-refractivity contribution is 0.307. The molecule has 3 nitrogen and oxygen atoms in total. The molecule has 0 bridgehead atoms. The van der Waals surface area contributed by atoms with Gasteiger partial charge in [-0.2, -0.15) is 0 Å². The van der Waals surface area contributed by atoms with Crippen molar-refractivity contribution in [1.82, 2.24) is 10.2 Å². The van der Waals surface area contributed by atoms with E-state index in [2.05, 4.69) is 44.1 Å². The zero-order valence-electron chi connectivity index (χ0n) is 12.1. The van der Waals surface area contributed by atoms with Crippen molar-refractivity contribution in [2.45, 2.75) is 52.2 Å². The molecule has 0 amide bonds. The van der Waals surface area contributed by atoms with E-state index in [1.54, 1.807) is 6.26 Å². The Labute approximate surface area is 111 Å². The summed E-state index contributed by atoms with van der Waals surface area (Å²) in [5.41, 5.74) is 1.44. The largest absolute Gasteiger partial charge is 0.468 e. The highest BCUT2D eigenvalue weighted by Gasteiger charge is 2.23. The van der Waals surface area contributed by atoms with E-state index in [-0.39, 0.29) is 5.54 Å².